The van der Waals surface area contributed by atoms with Gasteiger partial charge in [-0.2, -0.15) is 0 Å². The van der Waals surface area contributed by atoms with E-state index in [2.05, 4.69) is 6.07 Å². The maximum Gasteiger partial charge on any atom is 0.344 e. The smallest absolute Gasteiger partial charge is 0.344 e. The average Bonchev–Trinajstić information content (AvgIpc) is 2.94. The molecule has 2 N–H and O–H groups in total. The van der Waals surface area contributed by atoms with Crippen LogP contribution < -0.4 is 5.73 Å². The molecular weight excluding hydrogens is 352 g/mol. The lowest BCUT2D eigenvalue weighted by molar-refractivity contribution is 0.0508. The topological polar surface area (TPSA) is 83.0 Å². The van der Waals surface area contributed by atoms with E-state index in [1.165, 1.54) is 0 Å². The number of hydrogen-bond acceptors (Lipinski definition) is 5. The van der Waals surface area contributed by atoms with Crippen LogP contribution >= 0.6 is 0 Å². The van der Waals surface area contributed by atoms with E-state index in [-0.39, 0.29) is 11.4 Å². The van der Waals surface area contributed by atoms with Crippen molar-refractivity contribution in [2.24, 2.45) is 0 Å². The first kappa shape index (κ1) is 18.0. The van der Waals surface area contributed by atoms with E-state index in [4.69, 9.17) is 20.4 Å². The van der Waals surface area contributed by atoms with E-state index in [1.807, 2.05) is 57.2 Å². The van der Waals surface area contributed by atoms with Crippen LogP contribution in [-0.4, -0.2) is 27.1 Å². The third-order valence-corrected chi connectivity index (χ3v) is 4.60. The molecule has 0 aliphatic heterocycles. The van der Waals surface area contributed by atoms with Gasteiger partial charge < -0.3 is 10.5 Å². The Morgan fingerprint density at radius 1 is 1.07 bits per heavy atom. The number of anilines is 1. The molecule has 0 aliphatic rings. The minimum Gasteiger partial charge on any atom is -0.462 e. The van der Waals surface area contributed by atoms with Gasteiger partial charge in [-0.25, -0.2) is 14.8 Å². The number of aromatic nitrogens is 3. The molecule has 2 heterocycles. The van der Waals surface area contributed by atoms with E-state index in [0.717, 1.165) is 28.8 Å². The molecule has 6 nitrogen and oxygen atoms in total. The number of nitrogen functional groups attached to an aromatic ring is 1. The number of carbonyl (C=O) groups is 1. The van der Waals surface area contributed by atoms with E-state index in [1.54, 1.807) is 4.57 Å². The molecule has 4 rings (SSSR count). The molecule has 2 aromatic heterocycles. The van der Waals surface area contributed by atoms with Gasteiger partial charge in [0.1, 0.15) is 16.9 Å². The van der Waals surface area contributed by atoms with Gasteiger partial charge in [0, 0.05) is 5.69 Å². The fourth-order valence-electron chi connectivity index (χ4n) is 3.47. The molecule has 0 amide bonds. The van der Waals surface area contributed by atoms with Crippen LogP contribution in [0.15, 0.2) is 42.5 Å². The second kappa shape index (κ2) is 6.96. The molecule has 142 valence electrons. The number of rotatable bonds is 4. The molecule has 6 heteroatoms. The van der Waals surface area contributed by atoms with Crippen molar-refractivity contribution < 1.29 is 9.53 Å². The van der Waals surface area contributed by atoms with Crippen LogP contribution in [0.1, 0.15) is 34.8 Å². The van der Waals surface area contributed by atoms with Gasteiger partial charge in [0.05, 0.1) is 17.6 Å². The summed E-state index contributed by atoms with van der Waals surface area (Å²) in [6, 6.07) is 13.7. The van der Waals surface area contributed by atoms with Gasteiger partial charge in [0.2, 0.25) is 0 Å². The Hall–Kier alpha value is -3.41. The number of hydrogen-bond donors (Lipinski definition) is 1. The summed E-state index contributed by atoms with van der Waals surface area (Å²) in [4.78, 5) is 22.2. The Bertz CT molecular complexity index is 1190. The van der Waals surface area contributed by atoms with Gasteiger partial charge in [-0.3, -0.25) is 4.57 Å². The lowest BCUT2D eigenvalue weighted by Gasteiger charge is -2.10. The molecule has 0 saturated heterocycles. The minimum atomic E-state index is -0.475. The Morgan fingerprint density at radius 2 is 1.71 bits per heavy atom. The zero-order valence-electron chi connectivity index (χ0n) is 16.2. The molecule has 2 aromatic carbocycles. The van der Waals surface area contributed by atoms with Crippen molar-refractivity contribution >= 4 is 34.0 Å². The van der Waals surface area contributed by atoms with E-state index in [0.29, 0.717) is 23.3 Å². The molecular formula is C22H22N4O2. The third-order valence-electron chi connectivity index (χ3n) is 4.60. The Labute approximate surface area is 163 Å². The van der Waals surface area contributed by atoms with Crippen molar-refractivity contribution in [2.45, 2.75) is 27.2 Å². The van der Waals surface area contributed by atoms with Crippen LogP contribution in [0, 0.1) is 13.8 Å². The molecule has 0 atom stereocenters. The zero-order chi connectivity index (χ0) is 19.8. The SMILES string of the molecule is CCCOC(=O)c1c(N)n(-c2cc(C)cc(C)c2)c2nc3ccccc3nc12. The summed E-state index contributed by atoms with van der Waals surface area (Å²) >= 11 is 0. The molecule has 0 bridgehead atoms. The summed E-state index contributed by atoms with van der Waals surface area (Å²) in [5.74, 6) is -0.187. The summed E-state index contributed by atoms with van der Waals surface area (Å²) in [6.45, 7) is 6.32. The molecule has 4 aromatic rings. The normalized spacial score (nSPS) is 11.2. The number of fused-ring (bicyclic) bond motifs is 2. The van der Waals surface area contributed by atoms with Gasteiger partial charge in [0.25, 0.3) is 0 Å². The van der Waals surface area contributed by atoms with Crippen LogP contribution in [0.3, 0.4) is 0 Å². The van der Waals surface area contributed by atoms with Crippen LogP contribution in [0.5, 0.6) is 0 Å². The summed E-state index contributed by atoms with van der Waals surface area (Å²) in [7, 11) is 0. The molecule has 28 heavy (non-hydrogen) atoms. The Balaban J connectivity index is 2.07. The standard InChI is InChI=1S/C22H22N4O2/c1-4-9-28-22(27)18-19-21(25-17-8-6-5-7-16(17)24-19)26(20(18)23)15-11-13(2)10-14(3)12-15/h5-8,10-12H,4,9,23H2,1-3H3. The molecule has 0 spiro atoms. The lowest BCUT2D eigenvalue weighted by atomic mass is 10.1. The maximum absolute atomic E-state index is 12.8. The first-order valence-corrected chi connectivity index (χ1v) is 9.32. The highest BCUT2D eigenvalue weighted by atomic mass is 16.5. The number of benzene rings is 2. The lowest BCUT2D eigenvalue weighted by Crippen LogP contribution is -2.10. The Morgan fingerprint density at radius 3 is 2.36 bits per heavy atom. The summed E-state index contributed by atoms with van der Waals surface area (Å²) < 4.78 is 7.16. The van der Waals surface area contributed by atoms with Gasteiger partial charge >= 0.3 is 5.97 Å². The predicted molar refractivity (Wildman–Crippen MR) is 111 cm³/mol. The highest BCUT2D eigenvalue weighted by Crippen LogP contribution is 2.32. The number of esters is 1. The first-order valence-electron chi connectivity index (χ1n) is 9.32. The molecule has 0 unspecified atom stereocenters. The number of nitrogens with zero attached hydrogens (tertiary/aromatic N) is 3. The third kappa shape index (κ3) is 2.97. The number of ether oxygens (including phenoxy) is 1. The second-order valence-corrected chi connectivity index (χ2v) is 6.96. The van der Waals surface area contributed by atoms with Gasteiger partial charge in [-0.05, 0) is 55.7 Å². The van der Waals surface area contributed by atoms with E-state index >= 15 is 0 Å². The van der Waals surface area contributed by atoms with Gasteiger partial charge in [-0.1, -0.05) is 25.1 Å². The number of aryl methyl sites for hydroxylation is 2. The molecule has 0 fully saturated rings. The highest BCUT2D eigenvalue weighted by Gasteiger charge is 2.26. The van der Waals surface area contributed by atoms with Crippen LogP contribution in [-0.2, 0) is 4.74 Å². The van der Waals surface area contributed by atoms with Crippen LogP contribution in [0.4, 0.5) is 5.82 Å². The highest BCUT2D eigenvalue weighted by molar-refractivity contribution is 6.09. The van der Waals surface area contributed by atoms with Crippen LogP contribution in [0.25, 0.3) is 27.9 Å². The predicted octanol–water partition coefficient (Wildman–Crippen LogP) is 4.34. The van der Waals surface area contributed by atoms with E-state index < -0.39 is 5.97 Å². The maximum atomic E-state index is 12.8. The van der Waals surface area contributed by atoms with Crippen molar-refractivity contribution in [3.63, 3.8) is 0 Å². The van der Waals surface area contributed by atoms with E-state index in [9.17, 15) is 4.79 Å². The minimum absolute atomic E-state index is 0.265. The summed E-state index contributed by atoms with van der Waals surface area (Å²) in [5.41, 5.74) is 12.2. The monoisotopic (exact) mass is 374 g/mol. The number of para-hydroxylation sites is 2. The zero-order valence-corrected chi connectivity index (χ0v) is 16.2. The van der Waals surface area contributed by atoms with Crippen molar-refractivity contribution in [2.75, 3.05) is 12.3 Å². The van der Waals surface area contributed by atoms with Crippen molar-refractivity contribution in [3.05, 3.63) is 59.2 Å². The van der Waals surface area contributed by atoms with Crippen molar-refractivity contribution in [1.29, 1.82) is 0 Å². The quantitative estimate of drug-likeness (QED) is 0.537. The average molecular weight is 374 g/mol. The van der Waals surface area contributed by atoms with Crippen molar-refractivity contribution in [3.8, 4) is 5.69 Å². The fourth-order valence-corrected chi connectivity index (χ4v) is 3.47. The largest absolute Gasteiger partial charge is 0.462 e. The number of nitrogens with two attached hydrogens (primary N) is 1. The van der Waals surface area contributed by atoms with Gasteiger partial charge in [0.15, 0.2) is 5.65 Å². The molecule has 0 aliphatic carbocycles. The fraction of sp³-hybridized carbons (Fsp3) is 0.227. The summed E-state index contributed by atoms with van der Waals surface area (Å²) in [5, 5.41) is 0. The Kier molecular flexibility index (Phi) is 4.47. The van der Waals surface area contributed by atoms with Crippen LogP contribution in [0.2, 0.25) is 0 Å². The van der Waals surface area contributed by atoms with Gasteiger partial charge in [-0.15, -0.1) is 0 Å². The molecule has 0 saturated carbocycles. The van der Waals surface area contributed by atoms with Crippen molar-refractivity contribution in [1.82, 2.24) is 14.5 Å². The second-order valence-electron chi connectivity index (χ2n) is 6.96. The first-order chi connectivity index (χ1) is 13.5. The summed E-state index contributed by atoms with van der Waals surface area (Å²) in [6.07, 6.45) is 0.732. The number of carbonyl (C=O) groups excluding carboxylic acids is 1. The molecule has 0 radical (unpaired) electrons.